The number of hydrogen-bond donors (Lipinski definition) is 2. The summed E-state index contributed by atoms with van der Waals surface area (Å²) in [5.74, 6) is 0.394. The van der Waals surface area contributed by atoms with Gasteiger partial charge in [0.2, 0.25) is 0 Å². The standard InChI is InChI=1S/C25H43NO/c1-2-3-4-5-6-7-8-9-10-11-12-13-14-15-16-19-22-26-23-24-20-17-18-21-25(24)27/h9-10,17-18,20-21,26-27H,2-8,11-16,19,22-23H2,1H3/b10-9+. The number of aromatic hydroxyl groups is 1. The first-order valence-electron chi connectivity index (χ1n) is 11.5. The van der Waals surface area contributed by atoms with Crippen molar-refractivity contribution in [3.8, 4) is 5.75 Å². The summed E-state index contributed by atoms with van der Waals surface area (Å²) >= 11 is 0. The number of nitrogens with one attached hydrogen (secondary N) is 1. The summed E-state index contributed by atoms with van der Waals surface area (Å²) in [7, 11) is 0. The quantitative estimate of drug-likeness (QED) is 0.206. The molecule has 1 aromatic rings. The van der Waals surface area contributed by atoms with Crippen molar-refractivity contribution in [3.63, 3.8) is 0 Å². The summed E-state index contributed by atoms with van der Waals surface area (Å²) in [6, 6.07) is 7.57. The molecule has 0 saturated heterocycles. The zero-order valence-electron chi connectivity index (χ0n) is 17.7. The van der Waals surface area contributed by atoms with Crippen molar-refractivity contribution in [3.05, 3.63) is 42.0 Å². The average molecular weight is 374 g/mol. The van der Waals surface area contributed by atoms with Gasteiger partial charge in [-0.3, -0.25) is 0 Å². The normalized spacial score (nSPS) is 11.4. The highest BCUT2D eigenvalue weighted by molar-refractivity contribution is 5.31. The van der Waals surface area contributed by atoms with Crippen molar-refractivity contribution < 1.29 is 5.11 Å². The van der Waals surface area contributed by atoms with Gasteiger partial charge in [-0.25, -0.2) is 0 Å². The molecule has 154 valence electrons. The van der Waals surface area contributed by atoms with Crippen LogP contribution >= 0.6 is 0 Å². The zero-order valence-corrected chi connectivity index (χ0v) is 17.7. The highest BCUT2D eigenvalue weighted by atomic mass is 16.3. The number of hydrogen-bond acceptors (Lipinski definition) is 2. The van der Waals surface area contributed by atoms with Crippen LogP contribution in [0.3, 0.4) is 0 Å². The van der Waals surface area contributed by atoms with Crippen LogP contribution in [0, 0.1) is 0 Å². The molecule has 27 heavy (non-hydrogen) atoms. The first kappa shape index (κ1) is 23.8. The summed E-state index contributed by atoms with van der Waals surface area (Å²) < 4.78 is 0. The van der Waals surface area contributed by atoms with Crippen LogP contribution < -0.4 is 5.32 Å². The van der Waals surface area contributed by atoms with Gasteiger partial charge in [0.05, 0.1) is 0 Å². The lowest BCUT2D eigenvalue weighted by molar-refractivity contribution is 0.463. The van der Waals surface area contributed by atoms with Gasteiger partial charge >= 0.3 is 0 Å². The molecule has 0 heterocycles. The molecule has 0 aromatic heterocycles. The van der Waals surface area contributed by atoms with E-state index in [9.17, 15) is 5.11 Å². The third-order valence-electron chi connectivity index (χ3n) is 5.17. The Morgan fingerprint density at radius 1 is 0.741 bits per heavy atom. The van der Waals surface area contributed by atoms with Crippen LogP contribution in [0.15, 0.2) is 36.4 Å². The largest absolute Gasteiger partial charge is 0.508 e. The summed E-state index contributed by atoms with van der Waals surface area (Å²) in [4.78, 5) is 0. The smallest absolute Gasteiger partial charge is 0.120 e. The molecule has 2 N–H and O–H groups in total. The predicted molar refractivity (Wildman–Crippen MR) is 119 cm³/mol. The van der Waals surface area contributed by atoms with E-state index in [2.05, 4.69) is 24.4 Å². The summed E-state index contributed by atoms with van der Waals surface area (Å²) in [6.45, 7) is 4.08. The maximum absolute atomic E-state index is 9.71. The van der Waals surface area contributed by atoms with Crippen LogP contribution in [-0.4, -0.2) is 11.7 Å². The van der Waals surface area contributed by atoms with Crippen molar-refractivity contribution in [1.29, 1.82) is 0 Å². The van der Waals surface area contributed by atoms with Gasteiger partial charge in [0, 0.05) is 12.1 Å². The molecule has 0 amide bonds. The molecule has 0 aliphatic heterocycles. The lowest BCUT2D eigenvalue weighted by Gasteiger charge is -2.06. The van der Waals surface area contributed by atoms with E-state index in [-0.39, 0.29) is 0 Å². The maximum atomic E-state index is 9.71. The Bertz CT molecular complexity index is 469. The van der Waals surface area contributed by atoms with Gasteiger partial charge in [-0.05, 0) is 44.7 Å². The number of phenols is 1. The molecular formula is C25H43NO. The molecule has 1 aromatic carbocycles. The lowest BCUT2D eigenvalue weighted by atomic mass is 10.1. The Morgan fingerprint density at radius 3 is 1.93 bits per heavy atom. The van der Waals surface area contributed by atoms with Gasteiger partial charge in [-0.2, -0.15) is 0 Å². The SMILES string of the molecule is CCCCCCCC/C=C/CCCCCCCCNCc1ccccc1O. The molecule has 0 aliphatic rings. The van der Waals surface area contributed by atoms with Gasteiger partial charge in [-0.15, -0.1) is 0 Å². The molecule has 1 rings (SSSR count). The fourth-order valence-electron chi connectivity index (χ4n) is 3.38. The van der Waals surface area contributed by atoms with Crippen molar-refractivity contribution in [1.82, 2.24) is 5.32 Å². The van der Waals surface area contributed by atoms with E-state index in [0.717, 1.165) is 18.7 Å². The van der Waals surface area contributed by atoms with Gasteiger partial charge in [0.1, 0.15) is 5.75 Å². The van der Waals surface area contributed by atoms with Crippen molar-refractivity contribution in [2.75, 3.05) is 6.54 Å². The highest BCUT2D eigenvalue weighted by Gasteiger charge is 1.98. The number of para-hydroxylation sites is 1. The van der Waals surface area contributed by atoms with Crippen LogP contribution in [0.1, 0.15) is 102 Å². The van der Waals surface area contributed by atoms with Gasteiger partial charge in [0.25, 0.3) is 0 Å². The van der Waals surface area contributed by atoms with Gasteiger partial charge in [0.15, 0.2) is 0 Å². The molecule has 0 fully saturated rings. The van der Waals surface area contributed by atoms with Crippen LogP contribution in [0.25, 0.3) is 0 Å². The first-order valence-corrected chi connectivity index (χ1v) is 11.5. The number of rotatable bonds is 18. The third-order valence-corrected chi connectivity index (χ3v) is 5.17. The molecule has 0 spiro atoms. The number of allylic oxidation sites excluding steroid dienone is 2. The Hall–Kier alpha value is -1.28. The van der Waals surface area contributed by atoms with Crippen LogP contribution in [0.5, 0.6) is 5.75 Å². The second-order valence-electron chi connectivity index (χ2n) is 7.74. The molecule has 0 unspecified atom stereocenters. The minimum absolute atomic E-state index is 0.394. The van der Waals surface area contributed by atoms with E-state index >= 15 is 0 Å². The number of benzene rings is 1. The molecule has 2 heteroatoms. The second-order valence-corrected chi connectivity index (χ2v) is 7.74. The van der Waals surface area contributed by atoms with Crippen LogP contribution in [0.2, 0.25) is 0 Å². The Labute approximate surface area is 168 Å². The highest BCUT2D eigenvalue weighted by Crippen LogP contribution is 2.15. The maximum Gasteiger partial charge on any atom is 0.120 e. The van der Waals surface area contributed by atoms with E-state index in [4.69, 9.17) is 0 Å². The van der Waals surface area contributed by atoms with Crippen LogP contribution in [-0.2, 0) is 6.54 Å². The molecular weight excluding hydrogens is 330 g/mol. The van der Waals surface area contributed by atoms with Crippen molar-refractivity contribution in [2.45, 2.75) is 103 Å². The van der Waals surface area contributed by atoms with Crippen molar-refractivity contribution in [2.24, 2.45) is 0 Å². The fourth-order valence-corrected chi connectivity index (χ4v) is 3.38. The topological polar surface area (TPSA) is 32.3 Å². The molecule has 0 radical (unpaired) electrons. The molecule has 0 aliphatic carbocycles. The third kappa shape index (κ3) is 14.4. The number of phenolic OH excluding ortho intramolecular Hbond substituents is 1. The minimum atomic E-state index is 0.394. The number of unbranched alkanes of at least 4 members (excludes halogenated alkanes) is 12. The van der Waals surface area contributed by atoms with E-state index < -0.39 is 0 Å². The van der Waals surface area contributed by atoms with Gasteiger partial charge < -0.3 is 10.4 Å². The van der Waals surface area contributed by atoms with Crippen LogP contribution in [0.4, 0.5) is 0 Å². The summed E-state index contributed by atoms with van der Waals surface area (Å²) in [6.07, 6.45) is 23.7. The summed E-state index contributed by atoms with van der Waals surface area (Å²) in [5, 5.41) is 13.1. The lowest BCUT2D eigenvalue weighted by Crippen LogP contribution is -2.14. The second kappa shape index (κ2) is 18.1. The minimum Gasteiger partial charge on any atom is -0.508 e. The van der Waals surface area contributed by atoms with E-state index in [1.807, 2.05) is 18.2 Å². The van der Waals surface area contributed by atoms with E-state index in [0.29, 0.717) is 5.75 Å². The Kier molecular flexibility index (Phi) is 15.9. The Morgan fingerprint density at radius 2 is 1.30 bits per heavy atom. The Balaban J connectivity index is 1.77. The van der Waals surface area contributed by atoms with E-state index in [1.165, 1.54) is 89.9 Å². The summed E-state index contributed by atoms with van der Waals surface area (Å²) in [5.41, 5.74) is 0.988. The molecule has 0 atom stereocenters. The molecule has 0 bridgehead atoms. The molecule has 2 nitrogen and oxygen atoms in total. The fraction of sp³-hybridized carbons (Fsp3) is 0.680. The van der Waals surface area contributed by atoms with Crippen molar-refractivity contribution >= 4 is 0 Å². The van der Waals surface area contributed by atoms with E-state index in [1.54, 1.807) is 6.07 Å². The average Bonchev–Trinajstić information content (AvgIpc) is 2.68. The zero-order chi connectivity index (χ0) is 19.4. The van der Waals surface area contributed by atoms with Gasteiger partial charge in [-0.1, -0.05) is 95.1 Å². The predicted octanol–water partition coefficient (Wildman–Crippen LogP) is 7.52. The first-order chi connectivity index (χ1) is 13.3. The monoisotopic (exact) mass is 373 g/mol. The molecule has 0 saturated carbocycles.